The molecule has 0 unspecified atom stereocenters. The predicted octanol–water partition coefficient (Wildman–Crippen LogP) is 2.06. The van der Waals surface area contributed by atoms with Gasteiger partial charge in [-0.05, 0) is 51.6 Å². The van der Waals surface area contributed by atoms with Crippen LogP contribution in [0.4, 0.5) is 0 Å². The Labute approximate surface area is 157 Å². The molecular weight excluding hydrogens is 326 g/mol. The molecule has 1 saturated heterocycles. The van der Waals surface area contributed by atoms with Gasteiger partial charge in [0.05, 0.1) is 0 Å². The van der Waals surface area contributed by atoms with Crippen molar-refractivity contribution in [1.29, 1.82) is 0 Å². The van der Waals surface area contributed by atoms with E-state index in [1.165, 1.54) is 38.9 Å². The minimum absolute atomic E-state index is 0.0698. The van der Waals surface area contributed by atoms with Crippen LogP contribution in [0.1, 0.15) is 46.0 Å². The number of likely N-dealkylation sites (tertiary alicyclic amines) is 1. The highest BCUT2D eigenvalue weighted by molar-refractivity contribution is 5.80. The molecule has 0 atom stereocenters. The lowest BCUT2D eigenvalue weighted by Crippen LogP contribution is -2.48. The van der Waals surface area contributed by atoms with E-state index in [9.17, 15) is 4.79 Å². The molecule has 2 heterocycles. The summed E-state index contributed by atoms with van der Waals surface area (Å²) in [6, 6.07) is 5.81. The third kappa shape index (κ3) is 7.20. The van der Waals surface area contributed by atoms with Crippen LogP contribution < -0.4 is 16.2 Å². The van der Waals surface area contributed by atoms with Crippen LogP contribution in [0.5, 0.6) is 0 Å². The second-order valence-corrected chi connectivity index (χ2v) is 6.96. The molecule has 0 saturated carbocycles. The van der Waals surface area contributed by atoms with E-state index in [2.05, 4.69) is 29.4 Å². The molecule has 2 N–H and O–H groups in total. The third-order valence-corrected chi connectivity index (χ3v) is 4.79. The van der Waals surface area contributed by atoms with E-state index in [4.69, 9.17) is 4.99 Å². The van der Waals surface area contributed by atoms with Crippen molar-refractivity contribution >= 4 is 5.96 Å². The minimum atomic E-state index is 0.0698. The summed E-state index contributed by atoms with van der Waals surface area (Å²) in [6.45, 7) is 10.3. The van der Waals surface area contributed by atoms with Gasteiger partial charge in [-0.25, -0.2) is 0 Å². The molecule has 6 nitrogen and oxygen atoms in total. The number of hydrogen-bond acceptors (Lipinski definition) is 3. The number of aromatic nitrogens is 1. The molecule has 0 aliphatic carbocycles. The zero-order chi connectivity index (χ0) is 18.6. The molecule has 26 heavy (non-hydrogen) atoms. The van der Waals surface area contributed by atoms with E-state index >= 15 is 0 Å². The topological polar surface area (TPSA) is 61.7 Å². The molecule has 0 radical (unpaired) electrons. The summed E-state index contributed by atoms with van der Waals surface area (Å²) in [7, 11) is 0. The molecule has 6 heteroatoms. The monoisotopic (exact) mass is 361 g/mol. The van der Waals surface area contributed by atoms with Crippen molar-refractivity contribution in [3.05, 3.63) is 34.7 Å². The fourth-order valence-electron chi connectivity index (χ4n) is 3.36. The second kappa shape index (κ2) is 11.7. The van der Waals surface area contributed by atoms with Crippen LogP contribution in [0, 0.1) is 0 Å². The fourth-order valence-corrected chi connectivity index (χ4v) is 3.36. The zero-order valence-corrected chi connectivity index (χ0v) is 16.4. The molecule has 1 aliphatic rings. The summed E-state index contributed by atoms with van der Waals surface area (Å²) in [6.07, 6.45) is 7.39. The van der Waals surface area contributed by atoms with Crippen LogP contribution in [0.2, 0.25) is 0 Å². The van der Waals surface area contributed by atoms with Crippen LogP contribution in [-0.2, 0) is 6.54 Å². The standard InChI is InChI=1S/C20H35N5O/c1-3-13-24-16-10-18(11-17-24)23-20(21-4-2)22-12-6-8-15-25-14-7-5-9-19(25)26/h5,7,9,14,18H,3-4,6,8,10-13,15-17H2,1-2H3,(H2,21,22,23). The number of nitrogens with zero attached hydrogens (tertiary/aromatic N) is 3. The van der Waals surface area contributed by atoms with E-state index in [-0.39, 0.29) is 5.56 Å². The maximum absolute atomic E-state index is 11.7. The lowest BCUT2D eigenvalue weighted by Gasteiger charge is -2.32. The summed E-state index contributed by atoms with van der Waals surface area (Å²) in [5.41, 5.74) is 0.0698. The van der Waals surface area contributed by atoms with Gasteiger partial charge in [0.1, 0.15) is 0 Å². The Morgan fingerprint density at radius 3 is 2.69 bits per heavy atom. The van der Waals surface area contributed by atoms with Crippen LogP contribution in [0.3, 0.4) is 0 Å². The largest absolute Gasteiger partial charge is 0.357 e. The van der Waals surface area contributed by atoms with Crippen molar-refractivity contribution < 1.29 is 0 Å². The third-order valence-electron chi connectivity index (χ3n) is 4.79. The van der Waals surface area contributed by atoms with Crippen molar-refractivity contribution in [2.45, 2.75) is 58.5 Å². The zero-order valence-electron chi connectivity index (χ0n) is 16.4. The first-order valence-electron chi connectivity index (χ1n) is 10.2. The molecule has 1 aromatic rings. The summed E-state index contributed by atoms with van der Waals surface area (Å²) in [5.74, 6) is 0.929. The van der Waals surface area contributed by atoms with Crippen LogP contribution in [-0.4, -0.2) is 54.2 Å². The van der Waals surface area contributed by atoms with E-state index in [1.54, 1.807) is 16.7 Å². The van der Waals surface area contributed by atoms with Crippen molar-refractivity contribution in [1.82, 2.24) is 20.1 Å². The number of guanidine groups is 1. The number of aliphatic imine (C=N–C) groups is 1. The summed E-state index contributed by atoms with van der Waals surface area (Å²) in [5, 5.41) is 6.95. The minimum Gasteiger partial charge on any atom is -0.357 e. The average Bonchev–Trinajstić information content (AvgIpc) is 2.65. The Morgan fingerprint density at radius 2 is 2.00 bits per heavy atom. The number of pyridine rings is 1. The highest BCUT2D eigenvalue weighted by Crippen LogP contribution is 2.10. The van der Waals surface area contributed by atoms with Crippen LogP contribution >= 0.6 is 0 Å². The Hall–Kier alpha value is -1.82. The van der Waals surface area contributed by atoms with Crippen LogP contribution in [0.15, 0.2) is 34.2 Å². The highest BCUT2D eigenvalue weighted by atomic mass is 16.1. The normalized spacial score (nSPS) is 16.6. The number of nitrogens with one attached hydrogen (secondary N) is 2. The van der Waals surface area contributed by atoms with Gasteiger partial charge in [-0.15, -0.1) is 0 Å². The first-order chi connectivity index (χ1) is 12.7. The molecule has 0 spiro atoms. The Bertz CT molecular complexity index is 590. The van der Waals surface area contributed by atoms with Gasteiger partial charge < -0.3 is 20.1 Å². The van der Waals surface area contributed by atoms with Gasteiger partial charge in [0.25, 0.3) is 0 Å². The maximum atomic E-state index is 11.7. The molecule has 1 fully saturated rings. The van der Waals surface area contributed by atoms with Gasteiger partial charge in [0.15, 0.2) is 5.96 Å². The van der Waals surface area contributed by atoms with E-state index in [1.807, 2.05) is 12.3 Å². The van der Waals surface area contributed by atoms with Gasteiger partial charge in [0, 0.05) is 51.0 Å². The quantitative estimate of drug-likeness (QED) is 0.401. The average molecular weight is 362 g/mol. The summed E-state index contributed by atoms with van der Waals surface area (Å²) < 4.78 is 1.76. The molecule has 1 aliphatic heterocycles. The van der Waals surface area contributed by atoms with Crippen molar-refractivity contribution in [3.8, 4) is 0 Å². The number of aryl methyl sites for hydroxylation is 1. The lowest BCUT2D eigenvalue weighted by molar-refractivity contribution is 0.206. The first kappa shape index (κ1) is 20.5. The van der Waals surface area contributed by atoms with Crippen LogP contribution in [0.25, 0.3) is 0 Å². The Balaban J connectivity index is 1.71. The molecule has 146 valence electrons. The van der Waals surface area contributed by atoms with E-state index in [0.717, 1.165) is 38.4 Å². The van der Waals surface area contributed by atoms with Gasteiger partial charge in [-0.3, -0.25) is 9.79 Å². The molecule has 0 aromatic carbocycles. The van der Waals surface area contributed by atoms with Gasteiger partial charge in [-0.1, -0.05) is 13.0 Å². The molecule has 2 rings (SSSR count). The fraction of sp³-hybridized carbons (Fsp3) is 0.700. The van der Waals surface area contributed by atoms with Gasteiger partial charge in [0.2, 0.25) is 5.56 Å². The van der Waals surface area contributed by atoms with E-state index < -0.39 is 0 Å². The van der Waals surface area contributed by atoms with E-state index in [0.29, 0.717) is 6.04 Å². The second-order valence-electron chi connectivity index (χ2n) is 6.96. The molecule has 1 aromatic heterocycles. The molecular formula is C20H35N5O. The van der Waals surface area contributed by atoms with Crippen molar-refractivity contribution in [2.24, 2.45) is 4.99 Å². The number of hydrogen-bond donors (Lipinski definition) is 2. The van der Waals surface area contributed by atoms with Crippen molar-refractivity contribution in [3.63, 3.8) is 0 Å². The maximum Gasteiger partial charge on any atom is 0.250 e. The predicted molar refractivity (Wildman–Crippen MR) is 109 cm³/mol. The summed E-state index contributed by atoms with van der Waals surface area (Å²) >= 11 is 0. The lowest BCUT2D eigenvalue weighted by atomic mass is 10.1. The molecule has 0 bridgehead atoms. The SMILES string of the molecule is CCCN1CCC(NC(=NCCCCn2ccccc2=O)NCC)CC1. The highest BCUT2D eigenvalue weighted by Gasteiger charge is 2.19. The van der Waals surface area contributed by atoms with Gasteiger partial charge in [-0.2, -0.15) is 0 Å². The number of unbranched alkanes of at least 4 members (excludes halogenated alkanes) is 1. The number of rotatable bonds is 9. The Morgan fingerprint density at radius 1 is 1.19 bits per heavy atom. The summed E-state index contributed by atoms with van der Waals surface area (Å²) in [4.78, 5) is 18.9. The first-order valence-corrected chi connectivity index (χ1v) is 10.2. The number of piperidine rings is 1. The smallest absolute Gasteiger partial charge is 0.250 e. The van der Waals surface area contributed by atoms with Crippen molar-refractivity contribution in [2.75, 3.05) is 32.7 Å². The Kier molecular flexibility index (Phi) is 9.24. The van der Waals surface area contributed by atoms with Gasteiger partial charge >= 0.3 is 0 Å². The molecule has 0 amide bonds.